The van der Waals surface area contributed by atoms with Crippen LogP contribution in [0, 0.1) is 0 Å². The van der Waals surface area contributed by atoms with E-state index in [-0.39, 0.29) is 12.5 Å². The number of primary amides is 1. The largest absolute Gasteiger partial charge is 0.368 e. The second-order valence-electron chi connectivity index (χ2n) is 3.21. The van der Waals surface area contributed by atoms with Crippen molar-refractivity contribution in [1.82, 2.24) is 10.6 Å². The third-order valence-corrected chi connectivity index (χ3v) is 2.43. The molecule has 0 heterocycles. The average molecular weight is 247 g/mol. The number of carbonyl (C=O) groups is 3. The van der Waals surface area contributed by atoms with Gasteiger partial charge in [-0.25, -0.2) is 0 Å². The molecular weight excluding hydrogens is 230 g/mol. The lowest BCUT2D eigenvalue weighted by molar-refractivity contribution is -0.128. The standard InChI is InChI=1S/C9H17N3O3S/c1-6(13)11-5-8(14)12-7(9(10)15)3-4-16-2/h7H,3-5H2,1-2H3,(H2,10,15)(H,11,13)(H,12,14)/t7-/m0/s1. The first-order chi connectivity index (χ1) is 7.47. The zero-order valence-electron chi connectivity index (χ0n) is 9.41. The van der Waals surface area contributed by atoms with Gasteiger partial charge >= 0.3 is 0 Å². The summed E-state index contributed by atoms with van der Waals surface area (Å²) in [6, 6.07) is -0.672. The average Bonchev–Trinajstić information content (AvgIpc) is 2.20. The van der Waals surface area contributed by atoms with Gasteiger partial charge in [0.25, 0.3) is 0 Å². The van der Waals surface area contributed by atoms with Crippen molar-refractivity contribution in [3.05, 3.63) is 0 Å². The third kappa shape index (κ3) is 7.10. The topological polar surface area (TPSA) is 101 Å². The van der Waals surface area contributed by atoms with Gasteiger partial charge < -0.3 is 16.4 Å². The van der Waals surface area contributed by atoms with Gasteiger partial charge in [0.2, 0.25) is 17.7 Å². The second-order valence-corrected chi connectivity index (χ2v) is 4.20. The van der Waals surface area contributed by atoms with Crippen molar-refractivity contribution in [3.63, 3.8) is 0 Å². The van der Waals surface area contributed by atoms with Crippen molar-refractivity contribution in [1.29, 1.82) is 0 Å². The fraction of sp³-hybridized carbons (Fsp3) is 0.667. The maximum absolute atomic E-state index is 11.3. The van der Waals surface area contributed by atoms with Crippen LogP contribution in [0.5, 0.6) is 0 Å². The second kappa shape index (κ2) is 7.98. The van der Waals surface area contributed by atoms with E-state index < -0.39 is 17.9 Å². The van der Waals surface area contributed by atoms with Gasteiger partial charge in [0, 0.05) is 6.92 Å². The molecule has 0 saturated heterocycles. The first kappa shape index (κ1) is 14.8. The van der Waals surface area contributed by atoms with Crippen molar-refractivity contribution in [2.24, 2.45) is 5.73 Å². The Morgan fingerprint density at radius 2 is 2.00 bits per heavy atom. The minimum absolute atomic E-state index is 0.140. The molecule has 0 radical (unpaired) electrons. The smallest absolute Gasteiger partial charge is 0.240 e. The fourth-order valence-electron chi connectivity index (χ4n) is 0.971. The molecule has 0 saturated carbocycles. The van der Waals surface area contributed by atoms with Crippen molar-refractivity contribution < 1.29 is 14.4 Å². The van der Waals surface area contributed by atoms with Crippen LogP contribution in [0.1, 0.15) is 13.3 Å². The Bertz CT molecular complexity index is 271. The number of hydrogen-bond acceptors (Lipinski definition) is 4. The summed E-state index contributed by atoms with van der Waals surface area (Å²) in [7, 11) is 0. The van der Waals surface area contributed by atoms with Gasteiger partial charge in [-0.15, -0.1) is 0 Å². The molecule has 92 valence electrons. The summed E-state index contributed by atoms with van der Waals surface area (Å²) in [4.78, 5) is 32.8. The van der Waals surface area contributed by atoms with Crippen LogP contribution in [0.2, 0.25) is 0 Å². The molecule has 0 aromatic carbocycles. The molecule has 6 nitrogen and oxygen atoms in total. The van der Waals surface area contributed by atoms with E-state index in [9.17, 15) is 14.4 Å². The first-order valence-electron chi connectivity index (χ1n) is 4.79. The Hall–Kier alpha value is -1.24. The fourth-order valence-corrected chi connectivity index (χ4v) is 1.44. The highest BCUT2D eigenvalue weighted by Crippen LogP contribution is 1.99. The van der Waals surface area contributed by atoms with Crippen molar-refractivity contribution >= 4 is 29.5 Å². The van der Waals surface area contributed by atoms with Crippen LogP contribution in [-0.4, -0.2) is 42.3 Å². The molecule has 1 atom stereocenters. The van der Waals surface area contributed by atoms with Gasteiger partial charge in [0.15, 0.2) is 0 Å². The molecule has 0 rings (SSSR count). The first-order valence-corrected chi connectivity index (χ1v) is 6.18. The highest BCUT2D eigenvalue weighted by atomic mass is 32.2. The molecule has 3 amide bonds. The highest BCUT2D eigenvalue weighted by molar-refractivity contribution is 7.98. The van der Waals surface area contributed by atoms with Crippen LogP contribution in [0.25, 0.3) is 0 Å². The lowest BCUT2D eigenvalue weighted by atomic mass is 10.2. The van der Waals surface area contributed by atoms with Gasteiger partial charge in [-0.1, -0.05) is 0 Å². The molecule has 0 aromatic rings. The number of hydrogen-bond donors (Lipinski definition) is 3. The molecule has 7 heteroatoms. The van der Waals surface area contributed by atoms with E-state index in [1.54, 1.807) is 11.8 Å². The summed E-state index contributed by atoms with van der Waals surface area (Å²) in [5.41, 5.74) is 5.13. The van der Waals surface area contributed by atoms with Gasteiger partial charge in [0.1, 0.15) is 6.04 Å². The maximum Gasteiger partial charge on any atom is 0.240 e. The van der Waals surface area contributed by atoms with E-state index in [1.807, 2.05) is 6.26 Å². The minimum Gasteiger partial charge on any atom is -0.368 e. The highest BCUT2D eigenvalue weighted by Gasteiger charge is 2.17. The number of amides is 3. The van der Waals surface area contributed by atoms with Crippen molar-refractivity contribution in [2.75, 3.05) is 18.6 Å². The maximum atomic E-state index is 11.3. The van der Waals surface area contributed by atoms with Crippen molar-refractivity contribution in [2.45, 2.75) is 19.4 Å². The van der Waals surface area contributed by atoms with E-state index >= 15 is 0 Å². The summed E-state index contributed by atoms with van der Waals surface area (Å²) in [6.45, 7) is 1.17. The Balaban J connectivity index is 4.02. The molecule has 0 aliphatic rings. The molecule has 0 fully saturated rings. The Labute approximate surface area is 98.7 Å². The predicted molar refractivity (Wildman–Crippen MR) is 62.8 cm³/mol. The van der Waals surface area contributed by atoms with Crippen LogP contribution >= 0.6 is 11.8 Å². The molecule has 0 spiro atoms. The molecule has 0 unspecified atom stereocenters. The normalized spacial score (nSPS) is 11.6. The predicted octanol–water partition coefficient (Wildman–Crippen LogP) is -1.15. The zero-order chi connectivity index (χ0) is 12.6. The molecule has 0 aromatic heterocycles. The zero-order valence-corrected chi connectivity index (χ0v) is 10.2. The Morgan fingerprint density at radius 1 is 1.38 bits per heavy atom. The lowest BCUT2D eigenvalue weighted by Gasteiger charge is -2.14. The van der Waals surface area contributed by atoms with E-state index in [1.165, 1.54) is 6.92 Å². The summed E-state index contributed by atoms with van der Waals surface area (Å²) >= 11 is 1.56. The Kier molecular flexibility index (Phi) is 7.36. The van der Waals surface area contributed by atoms with Crippen LogP contribution < -0.4 is 16.4 Å². The number of rotatable bonds is 7. The summed E-state index contributed by atoms with van der Waals surface area (Å²) in [6.07, 6.45) is 2.39. The minimum atomic E-state index is -0.672. The van der Waals surface area contributed by atoms with Crippen LogP contribution in [-0.2, 0) is 14.4 Å². The number of nitrogens with one attached hydrogen (secondary N) is 2. The molecule has 16 heavy (non-hydrogen) atoms. The third-order valence-electron chi connectivity index (χ3n) is 1.79. The quantitative estimate of drug-likeness (QED) is 0.528. The summed E-state index contributed by atoms with van der Waals surface area (Å²) in [5.74, 6) is -0.547. The molecule has 4 N–H and O–H groups in total. The van der Waals surface area contributed by atoms with E-state index in [0.29, 0.717) is 6.42 Å². The van der Waals surface area contributed by atoms with Crippen LogP contribution in [0.15, 0.2) is 0 Å². The van der Waals surface area contributed by atoms with Crippen LogP contribution in [0.3, 0.4) is 0 Å². The van der Waals surface area contributed by atoms with E-state index in [2.05, 4.69) is 10.6 Å². The van der Waals surface area contributed by atoms with Gasteiger partial charge in [-0.2, -0.15) is 11.8 Å². The monoisotopic (exact) mass is 247 g/mol. The number of nitrogens with two attached hydrogens (primary N) is 1. The Morgan fingerprint density at radius 3 is 2.44 bits per heavy atom. The van der Waals surface area contributed by atoms with Gasteiger partial charge in [-0.3, -0.25) is 14.4 Å². The van der Waals surface area contributed by atoms with E-state index in [0.717, 1.165) is 5.75 Å². The molecule has 0 bridgehead atoms. The number of thioether (sulfide) groups is 1. The van der Waals surface area contributed by atoms with Gasteiger partial charge in [0.05, 0.1) is 6.54 Å². The van der Waals surface area contributed by atoms with Crippen molar-refractivity contribution in [3.8, 4) is 0 Å². The summed E-state index contributed by atoms with van der Waals surface area (Å²) in [5, 5.41) is 4.80. The molecule has 0 aliphatic carbocycles. The van der Waals surface area contributed by atoms with Crippen LogP contribution in [0.4, 0.5) is 0 Å². The van der Waals surface area contributed by atoms with Gasteiger partial charge in [-0.05, 0) is 18.4 Å². The lowest BCUT2D eigenvalue weighted by Crippen LogP contribution is -2.48. The molecular formula is C9H17N3O3S. The molecule has 0 aliphatic heterocycles. The van der Waals surface area contributed by atoms with E-state index in [4.69, 9.17) is 5.73 Å². The number of carbonyl (C=O) groups excluding carboxylic acids is 3. The summed E-state index contributed by atoms with van der Waals surface area (Å²) < 4.78 is 0. The SMILES string of the molecule is CSCC[C@H](NC(=O)CNC(C)=O)C(N)=O.